The fourth-order valence-electron chi connectivity index (χ4n) is 3.30. The molecule has 0 amide bonds. The van der Waals surface area contributed by atoms with Crippen molar-refractivity contribution in [1.29, 1.82) is 5.26 Å². The van der Waals surface area contributed by atoms with Gasteiger partial charge in [0.15, 0.2) is 0 Å². The third-order valence-corrected chi connectivity index (χ3v) is 4.61. The Bertz CT molecular complexity index is 1070. The highest BCUT2D eigenvalue weighted by atomic mass is 19.1. The van der Waals surface area contributed by atoms with Gasteiger partial charge in [0, 0.05) is 5.56 Å². The SMILES string of the molecule is CCOC(=O)C1=C(C)OC(N)=C(C#N)[C@H]1c1ccccc1OCc1cccc(F)c1. The Morgan fingerprint density at radius 3 is 2.73 bits per heavy atom. The molecule has 1 heterocycles. The van der Waals surface area contributed by atoms with E-state index in [-0.39, 0.29) is 41.8 Å². The quantitative estimate of drug-likeness (QED) is 0.725. The van der Waals surface area contributed by atoms with E-state index in [2.05, 4.69) is 0 Å². The van der Waals surface area contributed by atoms with E-state index in [1.54, 1.807) is 50.2 Å². The van der Waals surface area contributed by atoms with E-state index >= 15 is 0 Å². The zero-order valence-electron chi connectivity index (χ0n) is 16.6. The van der Waals surface area contributed by atoms with Crippen LogP contribution < -0.4 is 10.5 Å². The second-order valence-corrected chi connectivity index (χ2v) is 6.57. The van der Waals surface area contributed by atoms with E-state index in [0.29, 0.717) is 16.9 Å². The monoisotopic (exact) mass is 408 g/mol. The van der Waals surface area contributed by atoms with Crippen LogP contribution in [0.3, 0.4) is 0 Å². The predicted molar refractivity (Wildman–Crippen MR) is 107 cm³/mol. The number of esters is 1. The Kier molecular flexibility index (Phi) is 6.38. The number of carbonyl (C=O) groups is 1. The lowest BCUT2D eigenvalue weighted by Crippen LogP contribution is -2.26. The van der Waals surface area contributed by atoms with Gasteiger partial charge in [-0.05, 0) is 37.6 Å². The van der Waals surface area contributed by atoms with Gasteiger partial charge in [0.2, 0.25) is 5.88 Å². The van der Waals surface area contributed by atoms with Crippen molar-refractivity contribution >= 4 is 5.97 Å². The minimum absolute atomic E-state index is 0.0759. The van der Waals surface area contributed by atoms with Gasteiger partial charge in [-0.15, -0.1) is 0 Å². The average Bonchev–Trinajstić information content (AvgIpc) is 2.72. The molecule has 2 N–H and O–H groups in total. The zero-order valence-corrected chi connectivity index (χ0v) is 16.6. The van der Waals surface area contributed by atoms with Crippen LogP contribution in [0.15, 0.2) is 71.3 Å². The molecule has 6 nitrogen and oxygen atoms in total. The Morgan fingerprint density at radius 2 is 2.03 bits per heavy atom. The lowest BCUT2D eigenvalue weighted by Gasteiger charge is -2.28. The summed E-state index contributed by atoms with van der Waals surface area (Å²) in [4.78, 5) is 12.7. The Labute approximate surface area is 174 Å². The van der Waals surface area contributed by atoms with Gasteiger partial charge in [0.05, 0.1) is 18.1 Å². The van der Waals surface area contributed by atoms with Crippen LogP contribution in [-0.2, 0) is 20.9 Å². The maximum atomic E-state index is 13.5. The minimum Gasteiger partial charge on any atom is -0.489 e. The van der Waals surface area contributed by atoms with Gasteiger partial charge in [0.1, 0.15) is 35.6 Å². The van der Waals surface area contributed by atoms with Gasteiger partial charge in [0.25, 0.3) is 0 Å². The lowest BCUT2D eigenvalue weighted by molar-refractivity contribution is -0.139. The van der Waals surface area contributed by atoms with Crippen LogP contribution in [0.4, 0.5) is 4.39 Å². The van der Waals surface area contributed by atoms with Crippen LogP contribution in [0, 0.1) is 17.1 Å². The van der Waals surface area contributed by atoms with E-state index in [1.165, 1.54) is 12.1 Å². The number of rotatable bonds is 6. The fraction of sp³-hybridized carbons (Fsp3) is 0.217. The molecule has 30 heavy (non-hydrogen) atoms. The van der Waals surface area contributed by atoms with E-state index < -0.39 is 11.9 Å². The third kappa shape index (κ3) is 4.28. The van der Waals surface area contributed by atoms with Gasteiger partial charge < -0.3 is 19.9 Å². The summed E-state index contributed by atoms with van der Waals surface area (Å²) in [7, 11) is 0. The van der Waals surface area contributed by atoms with Crippen molar-refractivity contribution in [3.63, 3.8) is 0 Å². The highest BCUT2D eigenvalue weighted by molar-refractivity contribution is 5.92. The fourth-order valence-corrected chi connectivity index (χ4v) is 3.30. The van der Waals surface area contributed by atoms with Crippen LogP contribution in [-0.4, -0.2) is 12.6 Å². The van der Waals surface area contributed by atoms with Gasteiger partial charge in [-0.2, -0.15) is 5.26 Å². The molecule has 0 saturated heterocycles. The molecule has 0 radical (unpaired) electrons. The zero-order chi connectivity index (χ0) is 21.7. The van der Waals surface area contributed by atoms with Gasteiger partial charge in [-0.1, -0.05) is 30.3 Å². The Hall–Kier alpha value is -3.79. The first-order valence-corrected chi connectivity index (χ1v) is 9.37. The first-order chi connectivity index (χ1) is 14.5. The van der Waals surface area contributed by atoms with Crippen LogP contribution >= 0.6 is 0 Å². The molecule has 0 spiro atoms. The molecule has 0 saturated carbocycles. The largest absolute Gasteiger partial charge is 0.489 e. The topological polar surface area (TPSA) is 94.6 Å². The molecule has 2 aromatic rings. The second-order valence-electron chi connectivity index (χ2n) is 6.57. The van der Waals surface area contributed by atoms with E-state index in [9.17, 15) is 14.4 Å². The Balaban J connectivity index is 2.03. The number of nitrogens with zero attached hydrogens (tertiary/aromatic N) is 1. The molecule has 1 atom stereocenters. The summed E-state index contributed by atoms with van der Waals surface area (Å²) in [5.74, 6) is -1.15. The molecule has 3 rings (SSSR count). The first kappa shape index (κ1) is 20.9. The molecule has 1 aliphatic heterocycles. The summed E-state index contributed by atoms with van der Waals surface area (Å²) in [6.07, 6.45) is 0. The van der Waals surface area contributed by atoms with Crippen molar-refractivity contribution in [3.8, 4) is 11.8 Å². The maximum Gasteiger partial charge on any atom is 0.338 e. The molecule has 1 aliphatic rings. The number of nitriles is 1. The normalized spacial score (nSPS) is 16.0. The number of halogens is 1. The van der Waals surface area contributed by atoms with Crippen molar-refractivity contribution in [2.75, 3.05) is 6.61 Å². The Morgan fingerprint density at radius 1 is 1.27 bits per heavy atom. The van der Waals surface area contributed by atoms with E-state index in [0.717, 1.165) is 0 Å². The van der Waals surface area contributed by atoms with Gasteiger partial charge >= 0.3 is 5.97 Å². The van der Waals surface area contributed by atoms with E-state index in [4.69, 9.17) is 19.9 Å². The number of benzene rings is 2. The lowest BCUT2D eigenvalue weighted by atomic mass is 9.82. The number of para-hydroxylation sites is 1. The second kappa shape index (κ2) is 9.14. The first-order valence-electron chi connectivity index (χ1n) is 9.37. The smallest absolute Gasteiger partial charge is 0.338 e. The number of carbonyl (C=O) groups excluding carboxylic acids is 1. The summed E-state index contributed by atoms with van der Waals surface area (Å²) in [5, 5.41) is 9.71. The molecule has 2 aromatic carbocycles. The van der Waals surface area contributed by atoms with Gasteiger partial charge in [-0.25, -0.2) is 9.18 Å². The van der Waals surface area contributed by atoms with Crippen LogP contribution in [0.5, 0.6) is 5.75 Å². The maximum absolute atomic E-state index is 13.5. The molecular formula is C23H21FN2O4. The van der Waals surface area contributed by atoms with Crippen LogP contribution in [0.1, 0.15) is 30.9 Å². The van der Waals surface area contributed by atoms with Crippen LogP contribution in [0.2, 0.25) is 0 Å². The number of hydrogen-bond donors (Lipinski definition) is 1. The third-order valence-electron chi connectivity index (χ3n) is 4.61. The highest BCUT2D eigenvalue weighted by Gasteiger charge is 2.37. The van der Waals surface area contributed by atoms with Crippen LogP contribution in [0.25, 0.3) is 0 Å². The number of allylic oxidation sites excluding steroid dienone is 2. The standard InChI is InChI=1S/C23H21FN2O4/c1-3-28-23(27)20-14(2)30-22(26)18(12-25)21(20)17-9-4-5-10-19(17)29-13-15-7-6-8-16(24)11-15/h4-11,21H,3,13,26H2,1-2H3/t21-/m1/s1. The predicted octanol–water partition coefficient (Wildman–Crippen LogP) is 4.05. The molecule has 0 bridgehead atoms. The number of nitrogens with two attached hydrogens (primary N) is 1. The highest BCUT2D eigenvalue weighted by Crippen LogP contribution is 2.43. The summed E-state index contributed by atoms with van der Waals surface area (Å²) in [6, 6.07) is 15.1. The molecule has 0 aromatic heterocycles. The number of hydrogen-bond acceptors (Lipinski definition) is 6. The minimum atomic E-state index is -0.813. The molecule has 154 valence electrons. The van der Waals surface area contributed by atoms with Gasteiger partial charge in [-0.3, -0.25) is 0 Å². The summed E-state index contributed by atoms with van der Waals surface area (Å²) in [6.45, 7) is 3.56. The average molecular weight is 408 g/mol. The van der Waals surface area contributed by atoms with E-state index in [1.807, 2.05) is 6.07 Å². The van der Waals surface area contributed by atoms with Crippen molar-refractivity contribution < 1.29 is 23.4 Å². The molecule has 0 fully saturated rings. The summed E-state index contributed by atoms with van der Waals surface area (Å²) in [5.41, 5.74) is 7.41. The summed E-state index contributed by atoms with van der Waals surface area (Å²) < 4.78 is 30.0. The van der Waals surface area contributed by atoms with Crippen molar-refractivity contribution in [3.05, 3.63) is 88.3 Å². The van der Waals surface area contributed by atoms with Crippen molar-refractivity contribution in [2.24, 2.45) is 5.73 Å². The molecule has 0 unspecified atom stereocenters. The molecule has 0 aliphatic carbocycles. The molecular weight excluding hydrogens is 387 g/mol. The van der Waals surface area contributed by atoms with Crippen molar-refractivity contribution in [1.82, 2.24) is 0 Å². The number of ether oxygens (including phenoxy) is 3. The molecule has 7 heteroatoms. The van der Waals surface area contributed by atoms with Crippen molar-refractivity contribution in [2.45, 2.75) is 26.4 Å². The summed E-state index contributed by atoms with van der Waals surface area (Å²) >= 11 is 0.